The highest BCUT2D eigenvalue weighted by Crippen LogP contribution is 2.36. The van der Waals surface area contributed by atoms with Crippen LogP contribution in [0.4, 0.5) is 5.69 Å². The fourth-order valence-electron chi connectivity index (χ4n) is 4.43. The van der Waals surface area contributed by atoms with Crippen LogP contribution in [0.2, 0.25) is 0 Å². The van der Waals surface area contributed by atoms with Crippen molar-refractivity contribution in [1.29, 1.82) is 0 Å². The Hall–Kier alpha value is -3.19. The third-order valence-electron chi connectivity index (χ3n) is 6.07. The maximum absolute atomic E-state index is 13.5. The van der Waals surface area contributed by atoms with Crippen LogP contribution in [0.1, 0.15) is 42.4 Å². The van der Waals surface area contributed by atoms with Crippen molar-refractivity contribution in [3.8, 4) is 17.3 Å². The summed E-state index contributed by atoms with van der Waals surface area (Å²) in [5.41, 5.74) is 5.15. The molecule has 1 aromatic carbocycles. The molecular weight excluding hydrogens is 404 g/mol. The third-order valence-corrected chi connectivity index (χ3v) is 6.07. The van der Waals surface area contributed by atoms with Crippen LogP contribution in [0.5, 0.6) is 5.88 Å². The first-order valence-corrected chi connectivity index (χ1v) is 11.1. The number of anilines is 1. The maximum atomic E-state index is 13.5. The molecule has 2 atom stereocenters. The van der Waals surface area contributed by atoms with Gasteiger partial charge in [0.2, 0.25) is 5.88 Å². The average molecular weight is 435 g/mol. The van der Waals surface area contributed by atoms with Crippen molar-refractivity contribution < 1.29 is 9.47 Å². The smallest absolute Gasteiger partial charge is 0.277 e. The molecule has 32 heavy (non-hydrogen) atoms. The molecule has 168 valence electrons. The Bertz CT molecular complexity index is 1190. The Labute approximate surface area is 188 Å². The number of fused-ring (bicyclic) bond motifs is 1. The molecule has 0 saturated heterocycles. The van der Waals surface area contributed by atoms with Crippen molar-refractivity contribution in [3.63, 3.8) is 0 Å². The highest BCUT2D eigenvalue weighted by atomic mass is 16.5. The molecule has 1 unspecified atom stereocenters. The molecule has 1 N–H and O–H groups in total. The molecular formula is C25H30N4O3. The predicted octanol–water partition coefficient (Wildman–Crippen LogP) is 3.84. The average Bonchev–Trinajstić information content (AvgIpc) is 3.14. The molecule has 2 heterocycles. The van der Waals surface area contributed by atoms with E-state index in [-0.39, 0.29) is 17.7 Å². The van der Waals surface area contributed by atoms with Gasteiger partial charge in [0.05, 0.1) is 30.6 Å². The number of rotatable bonds is 7. The van der Waals surface area contributed by atoms with Crippen LogP contribution in [0.15, 0.2) is 41.2 Å². The van der Waals surface area contributed by atoms with E-state index in [0.717, 1.165) is 23.4 Å². The maximum Gasteiger partial charge on any atom is 0.277 e. The van der Waals surface area contributed by atoms with Crippen LogP contribution in [-0.2, 0) is 24.6 Å². The van der Waals surface area contributed by atoms with Gasteiger partial charge in [-0.3, -0.25) is 9.36 Å². The third kappa shape index (κ3) is 3.88. The number of hydrogen-bond acceptors (Lipinski definition) is 6. The van der Waals surface area contributed by atoms with Gasteiger partial charge in [-0.25, -0.2) is 9.97 Å². The summed E-state index contributed by atoms with van der Waals surface area (Å²) in [6.07, 6.45) is 1.42. The number of benzene rings is 1. The zero-order valence-corrected chi connectivity index (χ0v) is 19.3. The van der Waals surface area contributed by atoms with Crippen LogP contribution in [-0.4, -0.2) is 34.4 Å². The molecule has 0 saturated carbocycles. The lowest BCUT2D eigenvalue weighted by Gasteiger charge is -2.24. The Morgan fingerprint density at radius 3 is 2.62 bits per heavy atom. The standard InChI is InChI=1S/C25H30N4O3/c1-6-19-23(28-22-18-11-9-8-10-16(18)14-20(22)32-7-2)25(30)29(4)24(27-19)17-12-13-21(31-5)26-15(17)3/h8-13,20,22,28H,6-7,14H2,1-5H3/t20-,22?/m0/s1. The van der Waals surface area contributed by atoms with Crippen LogP contribution in [0.25, 0.3) is 11.4 Å². The first kappa shape index (κ1) is 22.0. The molecule has 0 spiro atoms. The second-order valence-electron chi connectivity index (χ2n) is 7.98. The lowest BCUT2D eigenvalue weighted by Crippen LogP contribution is -2.31. The number of pyridine rings is 1. The Morgan fingerprint density at radius 1 is 1.16 bits per heavy atom. The second-order valence-corrected chi connectivity index (χ2v) is 7.98. The van der Waals surface area contributed by atoms with Crippen molar-refractivity contribution in [2.45, 2.75) is 45.8 Å². The number of aryl methyl sites for hydroxylation is 2. The van der Waals surface area contributed by atoms with Crippen molar-refractivity contribution in [1.82, 2.24) is 14.5 Å². The van der Waals surface area contributed by atoms with Gasteiger partial charge >= 0.3 is 0 Å². The first-order valence-electron chi connectivity index (χ1n) is 11.1. The lowest BCUT2D eigenvalue weighted by atomic mass is 10.1. The Balaban J connectivity index is 1.78. The summed E-state index contributed by atoms with van der Waals surface area (Å²) in [6.45, 7) is 6.52. The van der Waals surface area contributed by atoms with Crippen molar-refractivity contribution in [3.05, 3.63) is 69.3 Å². The fraction of sp³-hybridized carbons (Fsp3) is 0.400. The molecule has 4 rings (SSSR count). The molecule has 0 fully saturated rings. The quantitative estimate of drug-likeness (QED) is 0.609. The van der Waals surface area contributed by atoms with E-state index >= 15 is 0 Å². The molecule has 2 aromatic heterocycles. The van der Waals surface area contributed by atoms with E-state index in [2.05, 4.69) is 22.4 Å². The summed E-state index contributed by atoms with van der Waals surface area (Å²) in [5, 5.41) is 3.52. The number of nitrogens with one attached hydrogen (secondary N) is 1. The van der Waals surface area contributed by atoms with Gasteiger partial charge in [0.15, 0.2) is 0 Å². The molecule has 0 aliphatic heterocycles. The van der Waals surface area contributed by atoms with E-state index in [9.17, 15) is 4.79 Å². The van der Waals surface area contributed by atoms with Gasteiger partial charge in [0, 0.05) is 31.7 Å². The van der Waals surface area contributed by atoms with Gasteiger partial charge in [0.1, 0.15) is 11.5 Å². The zero-order chi connectivity index (χ0) is 22.8. The minimum atomic E-state index is -0.110. The number of ether oxygens (including phenoxy) is 2. The van der Waals surface area contributed by atoms with Crippen LogP contribution >= 0.6 is 0 Å². The molecule has 0 radical (unpaired) electrons. The summed E-state index contributed by atoms with van der Waals surface area (Å²) < 4.78 is 12.8. The zero-order valence-electron chi connectivity index (χ0n) is 19.3. The number of hydrogen-bond donors (Lipinski definition) is 1. The van der Waals surface area contributed by atoms with Crippen LogP contribution in [0, 0.1) is 6.92 Å². The van der Waals surface area contributed by atoms with E-state index in [1.807, 2.05) is 39.0 Å². The minimum absolute atomic E-state index is 0.0282. The highest BCUT2D eigenvalue weighted by molar-refractivity contribution is 5.62. The van der Waals surface area contributed by atoms with Gasteiger partial charge in [-0.15, -0.1) is 0 Å². The Kier molecular flexibility index (Phi) is 6.28. The molecule has 1 aliphatic carbocycles. The normalized spacial score (nSPS) is 17.3. The first-order chi connectivity index (χ1) is 15.5. The summed E-state index contributed by atoms with van der Waals surface area (Å²) >= 11 is 0. The summed E-state index contributed by atoms with van der Waals surface area (Å²) in [4.78, 5) is 22.8. The summed E-state index contributed by atoms with van der Waals surface area (Å²) in [7, 11) is 3.34. The van der Waals surface area contributed by atoms with Crippen molar-refractivity contribution >= 4 is 5.69 Å². The fourth-order valence-corrected chi connectivity index (χ4v) is 4.43. The molecule has 1 aliphatic rings. The number of aromatic nitrogens is 3. The van der Waals surface area contributed by atoms with Crippen molar-refractivity contribution in [2.75, 3.05) is 19.0 Å². The molecule has 0 bridgehead atoms. The van der Waals surface area contributed by atoms with E-state index in [0.29, 0.717) is 30.4 Å². The molecule has 0 amide bonds. The minimum Gasteiger partial charge on any atom is -0.481 e. The van der Waals surface area contributed by atoms with Crippen molar-refractivity contribution in [2.24, 2.45) is 7.05 Å². The molecule has 3 aromatic rings. The van der Waals surface area contributed by atoms with Crippen LogP contribution in [0.3, 0.4) is 0 Å². The monoisotopic (exact) mass is 434 g/mol. The van der Waals surface area contributed by atoms with E-state index in [4.69, 9.17) is 14.5 Å². The van der Waals surface area contributed by atoms with E-state index in [1.165, 1.54) is 11.1 Å². The summed E-state index contributed by atoms with van der Waals surface area (Å²) in [6, 6.07) is 11.9. The number of nitrogens with zero attached hydrogens (tertiary/aromatic N) is 3. The van der Waals surface area contributed by atoms with Gasteiger partial charge in [0.25, 0.3) is 5.56 Å². The predicted molar refractivity (Wildman–Crippen MR) is 125 cm³/mol. The summed E-state index contributed by atoms with van der Waals surface area (Å²) in [5.74, 6) is 1.13. The van der Waals surface area contributed by atoms with Crippen LogP contribution < -0.4 is 15.6 Å². The van der Waals surface area contributed by atoms with E-state index < -0.39 is 0 Å². The SMILES string of the molecule is CCO[C@H]1Cc2ccccc2C1Nc1c(CC)nc(-c2ccc(OC)nc2C)n(C)c1=O. The van der Waals surface area contributed by atoms with Gasteiger partial charge in [-0.2, -0.15) is 0 Å². The van der Waals surface area contributed by atoms with Gasteiger partial charge in [-0.1, -0.05) is 31.2 Å². The lowest BCUT2D eigenvalue weighted by molar-refractivity contribution is 0.0574. The van der Waals surface area contributed by atoms with Gasteiger partial charge < -0.3 is 14.8 Å². The topological polar surface area (TPSA) is 78.3 Å². The second kappa shape index (κ2) is 9.12. The van der Waals surface area contributed by atoms with E-state index in [1.54, 1.807) is 24.8 Å². The van der Waals surface area contributed by atoms with Gasteiger partial charge in [-0.05, 0) is 37.5 Å². The Morgan fingerprint density at radius 2 is 1.94 bits per heavy atom. The molecule has 7 nitrogen and oxygen atoms in total. The highest BCUT2D eigenvalue weighted by Gasteiger charge is 2.34. The molecule has 7 heteroatoms. The number of methoxy groups -OCH3 is 1. The largest absolute Gasteiger partial charge is 0.481 e.